The Morgan fingerprint density at radius 2 is 2.15 bits per heavy atom. The highest BCUT2D eigenvalue weighted by atomic mass is 16.4. The molecule has 0 spiro atoms. The predicted octanol–water partition coefficient (Wildman–Crippen LogP) is -1.03. The summed E-state index contributed by atoms with van der Waals surface area (Å²) in [5.74, 6) is 0.228. The summed E-state index contributed by atoms with van der Waals surface area (Å²) in [6, 6.07) is 0. The van der Waals surface area contributed by atoms with E-state index in [1.807, 2.05) is 0 Å². The maximum atomic E-state index is 10.5. The van der Waals surface area contributed by atoms with E-state index in [0.717, 1.165) is 6.08 Å². The van der Waals surface area contributed by atoms with Gasteiger partial charge in [0.1, 0.15) is 12.0 Å². The molecule has 0 fully saturated rings. The highest BCUT2D eigenvalue weighted by Crippen LogP contribution is 2.18. The number of nitrogens with two attached hydrogens (primary N) is 1. The minimum Gasteiger partial charge on any atom is -0.478 e. The molecule has 68 valence electrons. The second-order valence-electron chi connectivity index (χ2n) is 2.47. The van der Waals surface area contributed by atoms with Gasteiger partial charge in [0.15, 0.2) is 0 Å². The van der Waals surface area contributed by atoms with Gasteiger partial charge in [0.25, 0.3) is 0 Å². The maximum absolute atomic E-state index is 10.5. The molecule has 1 aliphatic carbocycles. The smallest absolute Gasteiger partial charge is 0.337 e. The number of carbonyl (C=O) groups is 1. The topological polar surface area (TPSA) is 101 Å². The number of hydrogen-bond donors (Lipinski definition) is 3. The van der Waals surface area contributed by atoms with Crippen LogP contribution in [0.1, 0.15) is 0 Å². The molecule has 4 N–H and O–H groups in total. The monoisotopic (exact) mass is 181 g/mol. The molecule has 0 aromatic heterocycles. The first-order chi connectivity index (χ1) is 6.07. The van der Waals surface area contributed by atoms with E-state index in [9.17, 15) is 14.7 Å². The third kappa shape index (κ3) is 1.51. The summed E-state index contributed by atoms with van der Waals surface area (Å²) in [5.41, 5.74) is 4.78. The lowest BCUT2D eigenvalue weighted by Gasteiger charge is -2.15. The van der Waals surface area contributed by atoms with Gasteiger partial charge in [0.05, 0.1) is 16.8 Å². The van der Waals surface area contributed by atoms with Gasteiger partial charge in [-0.1, -0.05) is 0 Å². The number of hydrogen-bond acceptors (Lipinski definition) is 4. The lowest BCUT2D eigenvalue weighted by Crippen LogP contribution is -2.26. The zero-order chi connectivity index (χ0) is 10.0. The van der Waals surface area contributed by atoms with Crippen molar-refractivity contribution in [2.75, 3.05) is 0 Å². The van der Waals surface area contributed by atoms with E-state index in [1.54, 1.807) is 0 Å². The Bertz CT molecular complexity index is 360. The van der Waals surface area contributed by atoms with Crippen LogP contribution in [0.3, 0.4) is 0 Å². The van der Waals surface area contributed by atoms with Crippen molar-refractivity contribution < 1.29 is 19.8 Å². The summed E-state index contributed by atoms with van der Waals surface area (Å²) in [5, 5.41) is 17.8. The number of rotatable bonds is 1. The van der Waals surface area contributed by atoms with Crippen LogP contribution >= 0.6 is 0 Å². The van der Waals surface area contributed by atoms with Crippen molar-refractivity contribution >= 4 is 11.9 Å². The molecule has 0 saturated carbocycles. The summed E-state index contributed by atoms with van der Waals surface area (Å²) in [6.45, 7) is 0. The van der Waals surface area contributed by atoms with Crippen LogP contribution in [0.15, 0.2) is 29.0 Å². The average molecular weight is 181 g/mol. The van der Waals surface area contributed by atoms with Gasteiger partial charge in [0, 0.05) is 0 Å². The van der Waals surface area contributed by atoms with Crippen molar-refractivity contribution in [3.8, 4) is 0 Å². The highest BCUT2D eigenvalue weighted by Gasteiger charge is 2.23. The van der Waals surface area contributed by atoms with Gasteiger partial charge >= 0.3 is 5.97 Å². The van der Waals surface area contributed by atoms with Crippen LogP contribution in [0, 0.1) is 0 Å². The van der Waals surface area contributed by atoms with Gasteiger partial charge in [-0.25, -0.2) is 9.59 Å². The van der Waals surface area contributed by atoms with Crippen molar-refractivity contribution in [1.29, 1.82) is 0 Å². The summed E-state index contributed by atoms with van der Waals surface area (Å²) in [6.07, 6.45) is 0.968. The minimum absolute atomic E-state index is 0.0671. The molecule has 0 radical (unpaired) electrons. The van der Waals surface area contributed by atoms with E-state index < -0.39 is 12.1 Å². The van der Waals surface area contributed by atoms with E-state index in [2.05, 4.69) is 0 Å². The molecule has 0 bridgehead atoms. The highest BCUT2D eigenvalue weighted by molar-refractivity contribution is 5.92. The third-order valence-corrected chi connectivity index (χ3v) is 1.68. The molecule has 1 aliphatic rings. The Balaban J connectivity index is 3.18. The van der Waals surface area contributed by atoms with Gasteiger partial charge in [-0.05, 0) is 12.2 Å². The summed E-state index contributed by atoms with van der Waals surface area (Å²) in [7, 11) is 0. The molecule has 0 aromatic carbocycles. The number of carboxylic acid groups (broad SMARTS) is 1. The fourth-order valence-corrected chi connectivity index (χ4v) is 0.960. The summed E-state index contributed by atoms with van der Waals surface area (Å²) in [4.78, 5) is 20.7. The summed E-state index contributed by atoms with van der Waals surface area (Å²) >= 11 is 0. The van der Waals surface area contributed by atoms with Crippen LogP contribution in [0.4, 0.5) is 0 Å². The first-order valence-corrected chi connectivity index (χ1v) is 3.42. The first-order valence-electron chi connectivity index (χ1n) is 3.42. The lowest BCUT2D eigenvalue weighted by atomic mass is 9.97. The van der Waals surface area contributed by atoms with Crippen LogP contribution in [-0.4, -0.2) is 28.2 Å². The van der Waals surface area contributed by atoms with Gasteiger partial charge in [0.2, 0.25) is 0 Å². The van der Waals surface area contributed by atoms with E-state index >= 15 is 0 Å². The quantitative estimate of drug-likeness (QED) is 0.449. The number of carbonyl (C=O) groups excluding carboxylic acids is 1. The van der Waals surface area contributed by atoms with Crippen molar-refractivity contribution in [2.45, 2.75) is 6.10 Å². The number of aliphatic carboxylic acids is 1. The van der Waals surface area contributed by atoms with Crippen molar-refractivity contribution in [2.24, 2.45) is 5.73 Å². The van der Waals surface area contributed by atoms with Crippen molar-refractivity contribution in [3.05, 3.63) is 29.0 Å². The minimum atomic E-state index is -1.37. The van der Waals surface area contributed by atoms with E-state index in [0.29, 0.717) is 0 Å². The molecule has 0 heterocycles. The lowest BCUT2D eigenvalue weighted by molar-refractivity contribution is -0.132. The molecule has 1 unspecified atom stereocenters. The molecule has 5 heteroatoms. The first kappa shape index (κ1) is 9.25. The zero-order valence-corrected chi connectivity index (χ0v) is 6.52. The molecule has 13 heavy (non-hydrogen) atoms. The van der Waals surface area contributed by atoms with Gasteiger partial charge in [-0.3, -0.25) is 0 Å². The SMILES string of the molecule is NC1=C(C(=O)O)C=CC(=C=O)C1O. The van der Waals surface area contributed by atoms with Gasteiger partial charge in [-0.2, -0.15) is 0 Å². The Kier molecular flexibility index (Phi) is 2.32. The average Bonchev–Trinajstić information content (AvgIpc) is 2.09. The Morgan fingerprint density at radius 1 is 1.54 bits per heavy atom. The fraction of sp³-hybridized carbons (Fsp3) is 0.125. The number of aliphatic hydroxyl groups excluding tert-OH is 1. The van der Waals surface area contributed by atoms with Gasteiger partial charge in [-0.15, -0.1) is 0 Å². The Hall–Kier alpha value is -1.84. The Morgan fingerprint density at radius 3 is 2.62 bits per heavy atom. The molecule has 0 aliphatic heterocycles. The standard InChI is InChI=1S/C8H7NO4/c9-6-5(8(12)13)2-1-4(3-10)7(6)11/h1-2,7,11H,9H2,(H,12,13). The molecular formula is C8H7NO4. The molecule has 5 nitrogen and oxygen atoms in total. The van der Waals surface area contributed by atoms with Crippen LogP contribution in [-0.2, 0) is 9.59 Å². The molecule has 0 saturated heterocycles. The van der Waals surface area contributed by atoms with Crippen molar-refractivity contribution in [3.63, 3.8) is 0 Å². The molecule has 1 atom stereocenters. The molecule has 0 aromatic rings. The van der Waals surface area contributed by atoms with E-state index in [-0.39, 0.29) is 16.8 Å². The van der Waals surface area contributed by atoms with Crippen LogP contribution < -0.4 is 5.73 Å². The summed E-state index contributed by atoms with van der Waals surface area (Å²) < 4.78 is 0. The zero-order valence-electron chi connectivity index (χ0n) is 6.52. The molecule has 0 amide bonds. The van der Waals surface area contributed by atoms with Crippen LogP contribution in [0.2, 0.25) is 0 Å². The fourth-order valence-electron chi connectivity index (χ4n) is 0.960. The molecular weight excluding hydrogens is 174 g/mol. The molecule has 1 rings (SSSR count). The predicted molar refractivity (Wildman–Crippen MR) is 43.2 cm³/mol. The second kappa shape index (κ2) is 3.26. The maximum Gasteiger partial charge on any atom is 0.337 e. The second-order valence-corrected chi connectivity index (χ2v) is 2.47. The normalized spacial score (nSPS) is 21.6. The van der Waals surface area contributed by atoms with Crippen LogP contribution in [0.5, 0.6) is 0 Å². The third-order valence-electron chi connectivity index (χ3n) is 1.68. The van der Waals surface area contributed by atoms with E-state index in [1.165, 1.54) is 12.0 Å². The van der Waals surface area contributed by atoms with Crippen LogP contribution in [0.25, 0.3) is 0 Å². The number of aliphatic hydroxyl groups is 1. The van der Waals surface area contributed by atoms with E-state index in [4.69, 9.17) is 10.8 Å². The largest absolute Gasteiger partial charge is 0.478 e. The Labute approximate surface area is 73.5 Å². The number of carboxylic acids is 1. The van der Waals surface area contributed by atoms with Gasteiger partial charge < -0.3 is 15.9 Å². The van der Waals surface area contributed by atoms with Crippen molar-refractivity contribution in [1.82, 2.24) is 0 Å².